The maximum atomic E-state index is 14.0. The van der Waals surface area contributed by atoms with Gasteiger partial charge in [0, 0.05) is 36.1 Å². The molecule has 8 nitrogen and oxygen atoms in total. The number of sulfonamides is 1. The molecule has 11 heteroatoms. The van der Waals surface area contributed by atoms with Crippen LogP contribution >= 0.6 is 23.2 Å². The largest absolute Gasteiger partial charge is 0.497 e. The van der Waals surface area contributed by atoms with Gasteiger partial charge in [-0.15, -0.1) is 0 Å². The zero-order chi connectivity index (χ0) is 32.4. The second-order valence-corrected chi connectivity index (χ2v) is 12.9. The molecule has 2 amide bonds. The first-order valence-corrected chi connectivity index (χ1v) is 16.6. The van der Waals surface area contributed by atoms with Crippen LogP contribution in [0, 0.1) is 0 Å². The molecule has 4 aromatic rings. The van der Waals surface area contributed by atoms with Gasteiger partial charge in [-0.3, -0.25) is 9.59 Å². The van der Waals surface area contributed by atoms with Gasteiger partial charge in [0.2, 0.25) is 21.8 Å². The van der Waals surface area contributed by atoms with Crippen molar-refractivity contribution < 1.29 is 22.7 Å². The number of aryl methyl sites for hydroxylation is 1. The number of benzene rings is 4. The van der Waals surface area contributed by atoms with Crippen molar-refractivity contribution in [3.8, 4) is 5.75 Å². The van der Waals surface area contributed by atoms with Crippen LogP contribution in [0.15, 0.2) is 102 Å². The summed E-state index contributed by atoms with van der Waals surface area (Å²) in [7, 11) is -2.01. The van der Waals surface area contributed by atoms with Gasteiger partial charge in [0.25, 0.3) is 0 Å². The van der Waals surface area contributed by atoms with E-state index in [0.29, 0.717) is 33.3 Å². The Kier molecular flexibility index (Phi) is 12.0. The van der Waals surface area contributed by atoms with Gasteiger partial charge in [0.15, 0.2) is 0 Å². The van der Waals surface area contributed by atoms with Gasteiger partial charge in [0.1, 0.15) is 11.8 Å². The SMILES string of the molecule is CCNS(=O)(=O)c1ccc(CCC(=O)N(Cc2ccc(OC)cc2)[C@@H](C(=O)NCc2ccc(Cl)cc2Cl)c2ccccc2)cc1. The van der Waals surface area contributed by atoms with Crippen molar-refractivity contribution in [2.45, 2.75) is 43.8 Å². The second-order valence-electron chi connectivity index (χ2n) is 10.3. The van der Waals surface area contributed by atoms with Crippen LogP contribution in [0.1, 0.15) is 41.6 Å². The summed E-state index contributed by atoms with van der Waals surface area (Å²) in [6.07, 6.45) is 0.443. The zero-order valence-corrected chi connectivity index (χ0v) is 27.3. The molecular formula is C34H35Cl2N3O5S. The lowest BCUT2D eigenvalue weighted by molar-refractivity contribution is -0.141. The van der Waals surface area contributed by atoms with E-state index in [0.717, 1.165) is 11.1 Å². The van der Waals surface area contributed by atoms with Gasteiger partial charge in [-0.05, 0) is 65.1 Å². The molecular weight excluding hydrogens is 633 g/mol. The Hall–Kier alpha value is -3.89. The van der Waals surface area contributed by atoms with Crippen LogP contribution in [0.3, 0.4) is 0 Å². The number of amides is 2. The Labute approximate surface area is 274 Å². The van der Waals surface area contributed by atoms with Gasteiger partial charge in [-0.1, -0.05) is 90.8 Å². The fourth-order valence-corrected chi connectivity index (χ4v) is 6.32. The molecule has 0 aliphatic heterocycles. The van der Waals surface area contributed by atoms with Gasteiger partial charge in [0.05, 0.1) is 12.0 Å². The predicted octanol–water partition coefficient (Wildman–Crippen LogP) is 6.32. The lowest BCUT2D eigenvalue weighted by Crippen LogP contribution is -2.43. The number of hydrogen-bond acceptors (Lipinski definition) is 5. The summed E-state index contributed by atoms with van der Waals surface area (Å²) in [5, 5.41) is 3.87. The third-order valence-electron chi connectivity index (χ3n) is 7.17. The van der Waals surface area contributed by atoms with E-state index >= 15 is 0 Å². The highest BCUT2D eigenvalue weighted by molar-refractivity contribution is 7.89. The van der Waals surface area contributed by atoms with Crippen molar-refractivity contribution in [3.63, 3.8) is 0 Å². The highest BCUT2D eigenvalue weighted by atomic mass is 35.5. The lowest BCUT2D eigenvalue weighted by atomic mass is 10.0. The Morgan fingerprint density at radius 3 is 2.18 bits per heavy atom. The topological polar surface area (TPSA) is 105 Å². The van der Waals surface area contributed by atoms with Crippen LogP contribution in [0.5, 0.6) is 5.75 Å². The molecule has 0 aromatic heterocycles. The normalized spacial score (nSPS) is 11.9. The minimum atomic E-state index is -3.59. The number of carbonyl (C=O) groups excluding carboxylic acids is 2. The maximum Gasteiger partial charge on any atom is 0.247 e. The number of nitrogens with one attached hydrogen (secondary N) is 2. The van der Waals surface area contributed by atoms with E-state index in [1.165, 1.54) is 12.1 Å². The molecule has 0 saturated carbocycles. The van der Waals surface area contributed by atoms with Crippen LogP contribution in [-0.2, 0) is 39.1 Å². The summed E-state index contributed by atoms with van der Waals surface area (Å²) in [5.41, 5.74) is 2.95. The van der Waals surface area contributed by atoms with Crippen molar-refractivity contribution in [3.05, 3.63) is 129 Å². The van der Waals surface area contributed by atoms with Crippen molar-refractivity contribution >= 4 is 45.0 Å². The van der Waals surface area contributed by atoms with Crippen LogP contribution in [0.4, 0.5) is 0 Å². The molecule has 0 unspecified atom stereocenters. The van der Waals surface area contributed by atoms with Gasteiger partial charge >= 0.3 is 0 Å². The van der Waals surface area contributed by atoms with Gasteiger partial charge in [-0.2, -0.15) is 0 Å². The number of halogens is 2. The molecule has 0 bridgehead atoms. The smallest absolute Gasteiger partial charge is 0.247 e. The van der Waals surface area contributed by atoms with Crippen LogP contribution < -0.4 is 14.8 Å². The number of carbonyl (C=O) groups is 2. The van der Waals surface area contributed by atoms with E-state index in [-0.39, 0.29) is 42.8 Å². The Balaban J connectivity index is 1.61. The molecule has 0 heterocycles. The van der Waals surface area contributed by atoms with Gasteiger partial charge < -0.3 is 15.0 Å². The molecule has 0 spiro atoms. The first-order chi connectivity index (χ1) is 21.6. The number of methoxy groups -OCH3 is 1. The summed E-state index contributed by atoms with van der Waals surface area (Å²) >= 11 is 12.4. The van der Waals surface area contributed by atoms with E-state index in [1.54, 1.807) is 61.4 Å². The number of ether oxygens (including phenoxy) is 1. The van der Waals surface area contributed by atoms with Crippen LogP contribution in [0.25, 0.3) is 0 Å². The molecule has 2 N–H and O–H groups in total. The average Bonchev–Trinajstić information content (AvgIpc) is 3.04. The molecule has 45 heavy (non-hydrogen) atoms. The Bertz CT molecular complexity index is 1700. The van der Waals surface area contributed by atoms with Crippen molar-refractivity contribution in [2.75, 3.05) is 13.7 Å². The van der Waals surface area contributed by atoms with Crippen molar-refractivity contribution in [1.29, 1.82) is 0 Å². The number of rotatable bonds is 14. The first kappa shape index (κ1) is 34.0. The molecule has 4 aromatic carbocycles. The summed E-state index contributed by atoms with van der Waals surface area (Å²) in [4.78, 5) is 29.7. The lowest BCUT2D eigenvalue weighted by Gasteiger charge is -2.32. The molecule has 0 fully saturated rings. The fourth-order valence-electron chi connectivity index (χ4n) is 4.81. The highest BCUT2D eigenvalue weighted by Crippen LogP contribution is 2.27. The molecule has 0 saturated heterocycles. The molecule has 0 aliphatic carbocycles. The minimum Gasteiger partial charge on any atom is -0.497 e. The third-order valence-corrected chi connectivity index (χ3v) is 9.32. The summed E-state index contributed by atoms with van der Waals surface area (Å²) in [6, 6.07) is 27.0. The van der Waals surface area contributed by atoms with Crippen molar-refractivity contribution in [2.24, 2.45) is 0 Å². The van der Waals surface area contributed by atoms with E-state index in [4.69, 9.17) is 27.9 Å². The van der Waals surface area contributed by atoms with Crippen LogP contribution in [0.2, 0.25) is 10.0 Å². The second kappa shape index (κ2) is 15.9. The molecule has 0 radical (unpaired) electrons. The molecule has 4 rings (SSSR count). The Morgan fingerprint density at radius 1 is 0.889 bits per heavy atom. The zero-order valence-electron chi connectivity index (χ0n) is 25.0. The fraction of sp³-hybridized carbons (Fsp3) is 0.235. The van der Waals surface area contributed by atoms with E-state index in [1.807, 2.05) is 42.5 Å². The first-order valence-electron chi connectivity index (χ1n) is 14.4. The van der Waals surface area contributed by atoms with E-state index in [2.05, 4.69) is 10.0 Å². The molecule has 1 atom stereocenters. The predicted molar refractivity (Wildman–Crippen MR) is 177 cm³/mol. The summed E-state index contributed by atoms with van der Waals surface area (Å²) < 4.78 is 32.4. The van der Waals surface area contributed by atoms with Crippen LogP contribution in [-0.4, -0.2) is 38.8 Å². The van der Waals surface area contributed by atoms with Gasteiger partial charge in [-0.25, -0.2) is 13.1 Å². The molecule has 0 aliphatic rings. The highest BCUT2D eigenvalue weighted by Gasteiger charge is 2.31. The maximum absolute atomic E-state index is 14.0. The standard InChI is InChI=1S/C34H35Cl2N3O5S/c1-3-38-45(42,43)30-18-11-24(12-19-30)13-20-32(40)39(23-25-9-16-29(44-2)17-10-25)33(26-7-5-4-6-8-26)34(41)37-22-27-14-15-28(35)21-31(27)36/h4-12,14-19,21,33,38H,3,13,20,22-23H2,1-2H3,(H,37,41)/t33-/m1/s1. The number of hydrogen-bond donors (Lipinski definition) is 2. The molecule has 236 valence electrons. The quantitative estimate of drug-likeness (QED) is 0.164. The van der Waals surface area contributed by atoms with E-state index in [9.17, 15) is 18.0 Å². The minimum absolute atomic E-state index is 0.0923. The third kappa shape index (κ3) is 9.31. The number of nitrogens with zero attached hydrogens (tertiary/aromatic N) is 1. The summed E-state index contributed by atoms with van der Waals surface area (Å²) in [6.45, 7) is 2.30. The summed E-state index contributed by atoms with van der Waals surface area (Å²) in [5.74, 6) is 0.0594. The monoisotopic (exact) mass is 667 g/mol. The van der Waals surface area contributed by atoms with E-state index < -0.39 is 16.1 Å². The Morgan fingerprint density at radius 2 is 1.56 bits per heavy atom. The van der Waals surface area contributed by atoms with Crippen molar-refractivity contribution in [1.82, 2.24) is 14.9 Å². The average molecular weight is 669 g/mol.